The molecule has 0 aromatic heterocycles. The molecule has 1 rings (SSSR count). The van der Waals surface area contributed by atoms with Gasteiger partial charge in [-0.1, -0.05) is 36.8 Å². The molecule has 2 N–H and O–H groups in total. The van der Waals surface area contributed by atoms with Crippen molar-refractivity contribution in [2.75, 3.05) is 0 Å². The lowest BCUT2D eigenvalue weighted by molar-refractivity contribution is -0.137. The maximum absolute atomic E-state index is 11.8. The van der Waals surface area contributed by atoms with Crippen LogP contribution in [0.4, 0.5) is 4.79 Å². The molecule has 1 amide bonds. The Kier molecular flexibility index (Phi) is 7.59. The molecule has 1 aromatic carbocycles. The highest BCUT2D eigenvalue weighted by Crippen LogP contribution is 2.12. The smallest absolute Gasteiger partial charge is 0.407 e. The van der Waals surface area contributed by atoms with Gasteiger partial charge in [-0.15, -0.1) is 0 Å². The second kappa shape index (κ2) is 9.18. The molecule has 128 valence electrons. The number of benzene rings is 1. The van der Waals surface area contributed by atoms with Gasteiger partial charge in [-0.25, -0.2) is 4.79 Å². The van der Waals surface area contributed by atoms with Crippen molar-refractivity contribution in [1.82, 2.24) is 5.32 Å². The quantitative estimate of drug-likeness (QED) is 0.715. The molecule has 0 heterocycles. The van der Waals surface area contributed by atoms with Crippen molar-refractivity contribution in [3.63, 3.8) is 0 Å². The summed E-state index contributed by atoms with van der Waals surface area (Å²) in [6, 6.07) is 9.75. The Balaban J connectivity index is 2.38. The van der Waals surface area contributed by atoms with Crippen molar-refractivity contribution in [3.05, 3.63) is 35.9 Å². The lowest BCUT2D eigenvalue weighted by Gasteiger charge is -2.23. The molecule has 1 aromatic rings. The Hall–Kier alpha value is -2.04. The van der Waals surface area contributed by atoms with Crippen LogP contribution in [-0.4, -0.2) is 28.8 Å². The highest BCUT2D eigenvalue weighted by molar-refractivity contribution is 5.71. The first kappa shape index (κ1) is 19.0. The van der Waals surface area contributed by atoms with Gasteiger partial charge >= 0.3 is 12.1 Å². The Bertz CT molecular complexity index is 493. The summed E-state index contributed by atoms with van der Waals surface area (Å²) >= 11 is 0. The molecule has 5 nitrogen and oxygen atoms in total. The zero-order valence-electron chi connectivity index (χ0n) is 14.2. The number of ether oxygens (including phenoxy) is 1. The summed E-state index contributed by atoms with van der Waals surface area (Å²) in [4.78, 5) is 22.7. The van der Waals surface area contributed by atoms with Crippen LogP contribution in [0.25, 0.3) is 0 Å². The zero-order valence-corrected chi connectivity index (χ0v) is 14.2. The Labute approximate surface area is 138 Å². The lowest BCUT2D eigenvalue weighted by atomic mass is 10.0. The van der Waals surface area contributed by atoms with Gasteiger partial charge in [-0.2, -0.15) is 0 Å². The molecule has 0 aliphatic heterocycles. The summed E-state index contributed by atoms with van der Waals surface area (Å²) in [7, 11) is 0. The van der Waals surface area contributed by atoms with Crippen LogP contribution in [0.15, 0.2) is 30.3 Å². The third kappa shape index (κ3) is 9.55. The summed E-state index contributed by atoms with van der Waals surface area (Å²) in [5, 5.41) is 11.6. The third-order valence-corrected chi connectivity index (χ3v) is 3.25. The number of amides is 1. The average Bonchev–Trinajstić information content (AvgIpc) is 2.41. The topological polar surface area (TPSA) is 75.6 Å². The van der Waals surface area contributed by atoms with Crippen LogP contribution in [0, 0.1) is 0 Å². The van der Waals surface area contributed by atoms with E-state index in [9.17, 15) is 9.59 Å². The SMILES string of the molecule is CC(C)(C)OC(=O)N[C@@H](CCCCc1ccccc1)CC(=O)O. The molecule has 23 heavy (non-hydrogen) atoms. The molecule has 0 fully saturated rings. The van der Waals surface area contributed by atoms with E-state index in [1.165, 1.54) is 5.56 Å². The molecule has 0 aliphatic carbocycles. The highest BCUT2D eigenvalue weighted by atomic mass is 16.6. The van der Waals surface area contributed by atoms with E-state index in [0.717, 1.165) is 19.3 Å². The molecule has 0 saturated carbocycles. The number of carboxylic acid groups (broad SMARTS) is 1. The van der Waals surface area contributed by atoms with Gasteiger partial charge in [0.2, 0.25) is 0 Å². The number of carbonyl (C=O) groups is 2. The van der Waals surface area contributed by atoms with E-state index in [-0.39, 0.29) is 6.42 Å². The number of carbonyl (C=O) groups excluding carboxylic acids is 1. The van der Waals surface area contributed by atoms with Gasteiger partial charge in [0.25, 0.3) is 0 Å². The molecule has 0 bridgehead atoms. The maximum Gasteiger partial charge on any atom is 0.407 e. The molecule has 0 spiro atoms. The van der Waals surface area contributed by atoms with Gasteiger partial charge in [-0.05, 0) is 45.6 Å². The van der Waals surface area contributed by atoms with Gasteiger partial charge in [-0.3, -0.25) is 4.79 Å². The van der Waals surface area contributed by atoms with Gasteiger partial charge in [0.05, 0.1) is 6.42 Å². The number of hydrogen-bond donors (Lipinski definition) is 2. The monoisotopic (exact) mass is 321 g/mol. The van der Waals surface area contributed by atoms with Crippen molar-refractivity contribution in [2.45, 2.75) is 64.5 Å². The highest BCUT2D eigenvalue weighted by Gasteiger charge is 2.20. The zero-order chi connectivity index (χ0) is 17.3. The molecule has 0 radical (unpaired) electrons. The van der Waals surface area contributed by atoms with E-state index in [2.05, 4.69) is 17.4 Å². The molecule has 0 saturated heterocycles. The lowest BCUT2D eigenvalue weighted by Crippen LogP contribution is -2.40. The van der Waals surface area contributed by atoms with Gasteiger partial charge in [0.1, 0.15) is 5.60 Å². The molecular weight excluding hydrogens is 294 g/mol. The third-order valence-electron chi connectivity index (χ3n) is 3.25. The van der Waals surface area contributed by atoms with E-state index >= 15 is 0 Å². The first-order chi connectivity index (χ1) is 10.8. The minimum absolute atomic E-state index is 0.0927. The fourth-order valence-corrected chi connectivity index (χ4v) is 2.27. The van der Waals surface area contributed by atoms with E-state index in [1.54, 1.807) is 20.8 Å². The van der Waals surface area contributed by atoms with Crippen LogP contribution < -0.4 is 5.32 Å². The Morgan fingerprint density at radius 3 is 2.39 bits per heavy atom. The molecule has 0 unspecified atom stereocenters. The summed E-state index contributed by atoms with van der Waals surface area (Å²) < 4.78 is 5.18. The van der Waals surface area contributed by atoms with E-state index in [4.69, 9.17) is 9.84 Å². The van der Waals surface area contributed by atoms with Crippen molar-refractivity contribution >= 4 is 12.1 Å². The standard InChI is InChI=1S/C18H27NO4/c1-18(2,3)23-17(22)19-15(13-16(20)21)12-8-7-11-14-9-5-4-6-10-14/h4-6,9-10,15H,7-8,11-13H2,1-3H3,(H,19,22)(H,20,21)/t15-/m0/s1. The second-order valence-electron chi connectivity index (χ2n) is 6.67. The summed E-state index contributed by atoms with van der Waals surface area (Å²) in [6.45, 7) is 5.33. The fourth-order valence-electron chi connectivity index (χ4n) is 2.27. The summed E-state index contributed by atoms with van der Waals surface area (Å²) in [5.74, 6) is -0.922. The number of aryl methyl sites for hydroxylation is 1. The normalized spacial score (nSPS) is 12.5. The van der Waals surface area contributed by atoms with Crippen LogP contribution in [0.3, 0.4) is 0 Å². The average molecular weight is 321 g/mol. The van der Waals surface area contributed by atoms with Crippen LogP contribution >= 0.6 is 0 Å². The number of unbranched alkanes of at least 4 members (excludes halogenated alkanes) is 1. The molecule has 5 heteroatoms. The molecule has 1 atom stereocenters. The predicted molar refractivity (Wildman–Crippen MR) is 89.4 cm³/mol. The first-order valence-corrected chi connectivity index (χ1v) is 8.01. The second-order valence-corrected chi connectivity index (χ2v) is 6.67. The Morgan fingerprint density at radius 1 is 1.17 bits per heavy atom. The van der Waals surface area contributed by atoms with Crippen molar-refractivity contribution < 1.29 is 19.4 Å². The van der Waals surface area contributed by atoms with Crippen molar-refractivity contribution in [3.8, 4) is 0 Å². The Morgan fingerprint density at radius 2 is 1.83 bits per heavy atom. The largest absolute Gasteiger partial charge is 0.481 e. The number of rotatable bonds is 8. The van der Waals surface area contributed by atoms with Gasteiger partial charge < -0.3 is 15.2 Å². The number of hydrogen-bond acceptors (Lipinski definition) is 3. The molecule has 0 aliphatic rings. The van der Waals surface area contributed by atoms with Crippen LogP contribution in [0.2, 0.25) is 0 Å². The fraction of sp³-hybridized carbons (Fsp3) is 0.556. The van der Waals surface area contributed by atoms with Gasteiger partial charge in [0.15, 0.2) is 0 Å². The van der Waals surface area contributed by atoms with E-state index in [1.807, 2.05) is 18.2 Å². The van der Waals surface area contributed by atoms with Gasteiger partial charge in [0, 0.05) is 6.04 Å². The van der Waals surface area contributed by atoms with Crippen molar-refractivity contribution in [2.24, 2.45) is 0 Å². The van der Waals surface area contributed by atoms with Crippen molar-refractivity contribution in [1.29, 1.82) is 0 Å². The van der Waals surface area contributed by atoms with Crippen LogP contribution in [0.5, 0.6) is 0 Å². The predicted octanol–water partition coefficient (Wildman–Crippen LogP) is 3.77. The van der Waals surface area contributed by atoms with Crippen LogP contribution in [-0.2, 0) is 16.0 Å². The van der Waals surface area contributed by atoms with Crippen LogP contribution in [0.1, 0.15) is 52.0 Å². The maximum atomic E-state index is 11.8. The number of aliphatic carboxylic acids is 1. The van der Waals surface area contributed by atoms with E-state index < -0.39 is 23.7 Å². The van der Waals surface area contributed by atoms with E-state index in [0.29, 0.717) is 6.42 Å². The number of nitrogens with one attached hydrogen (secondary N) is 1. The molecular formula is C18H27NO4. The summed E-state index contributed by atoms with van der Waals surface area (Å²) in [5.41, 5.74) is 0.674. The number of alkyl carbamates (subject to hydrolysis) is 1. The first-order valence-electron chi connectivity index (χ1n) is 8.01. The number of carboxylic acids is 1. The summed E-state index contributed by atoms with van der Waals surface area (Å²) in [6.07, 6.45) is 2.72. The minimum atomic E-state index is -0.922. The minimum Gasteiger partial charge on any atom is -0.481 e.